The van der Waals surface area contributed by atoms with Crippen molar-refractivity contribution in [3.63, 3.8) is 0 Å². The van der Waals surface area contributed by atoms with E-state index in [0.29, 0.717) is 5.91 Å². The van der Waals surface area contributed by atoms with Crippen molar-refractivity contribution in [2.75, 3.05) is 19.6 Å². The molecule has 17 heavy (non-hydrogen) atoms. The van der Waals surface area contributed by atoms with Crippen LogP contribution in [0.3, 0.4) is 0 Å². The Morgan fingerprint density at radius 2 is 1.88 bits per heavy atom. The molecule has 3 heteroatoms. The Bertz CT molecular complexity index is 245. The summed E-state index contributed by atoms with van der Waals surface area (Å²) in [6.45, 7) is 11.4. The Hall–Kier alpha value is -0.570. The molecule has 0 aromatic heterocycles. The highest BCUT2D eigenvalue weighted by Gasteiger charge is 2.38. The van der Waals surface area contributed by atoms with Crippen LogP contribution in [0, 0.1) is 5.41 Å². The normalized spacial score (nSPS) is 23.4. The maximum atomic E-state index is 12.6. The topological polar surface area (TPSA) is 32.3 Å². The summed E-state index contributed by atoms with van der Waals surface area (Å²) in [4.78, 5) is 14.6. The second-order valence-electron chi connectivity index (χ2n) is 5.80. The number of rotatable bonds is 5. The van der Waals surface area contributed by atoms with Crippen LogP contribution in [-0.4, -0.2) is 36.5 Å². The van der Waals surface area contributed by atoms with Gasteiger partial charge < -0.3 is 10.2 Å². The zero-order valence-corrected chi connectivity index (χ0v) is 11.9. The summed E-state index contributed by atoms with van der Waals surface area (Å²) < 4.78 is 0. The molecular weight excluding hydrogens is 212 g/mol. The summed E-state index contributed by atoms with van der Waals surface area (Å²) in [6.07, 6.45) is 4.40. The largest absolute Gasteiger partial charge is 0.341 e. The van der Waals surface area contributed by atoms with Gasteiger partial charge in [-0.25, -0.2) is 0 Å². The van der Waals surface area contributed by atoms with Gasteiger partial charge in [0, 0.05) is 13.1 Å². The Morgan fingerprint density at radius 3 is 2.35 bits per heavy atom. The van der Waals surface area contributed by atoms with E-state index in [0.717, 1.165) is 38.9 Å². The molecule has 0 spiro atoms. The van der Waals surface area contributed by atoms with Gasteiger partial charge in [-0.2, -0.15) is 0 Å². The van der Waals surface area contributed by atoms with E-state index in [1.807, 2.05) is 4.90 Å². The number of nitrogens with one attached hydrogen (secondary N) is 1. The predicted octanol–water partition coefficient (Wildman–Crippen LogP) is 2.41. The number of amides is 1. The van der Waals surface area contributed by atoms with Crippen molar-refractivity contribution in [3.05, 3.63) is 0 Å². The molecule has 0 radical (unpaired) electrons. The van der Waals surface area contributed by atoms with Gasteiger partial charge in [0.25, 0.3) is 0 Å². The molecule has 0 saturated carbocycles. The Kier molecular flexibility index (Phi) is 5.44. The molecule has 0 bridgehead atoms. The summed E-state index contributed by atoms with van der Waals surface area (Å²) >= 11 is 0. The van der Waals surface area contributed by atoms with Crippen LogP contribution in [0.15, 0.2) is 0 Å². The van der Waals surface area contributed by atoms with Gasteiger partial charge in [0.05, 0.1) is 6.04 Å². The van der Waals surface area contributed by atoms with Crippen LogP contribution in [0.5, 0.6) is 0 Å². The molecule has 1 unspecified atom stereocenters. The van der Waals surface area contributed by atoms with E-state index < -0.39 is 0 Å². The molecule has 0 aliphatic carbocycles. The highest BCUT2D eigenvalue weighted by Crippen LogP contribution is 2.31. The zero-order valence-electron chi connectivity index (χ0n) is 11.9. The minimum Gasteiger partial charge on any atom is -0.341 e. The Labute approximate surface area is 106 Å². The van der Waals surface area contributed by atoms with Gasteiger partial charge in [0.1, 0.15) is 0 Å². The molecule has 1 aliphatic heterocycles. The fourth-order valence-electron chi connectivity index (χ4n) is 2.69. The first-order valence-electron chi connectivity index (χ1n) is 7.05. The monoisotopic (exact) mass is 240 g/mol. The molecule has 100 valence electrons. The standard InChI is InChI=1S/C14H28N2O/c1-5-10-16(11-6-2)13(17)12-14(3,4)8-7-9-15-12/h12,15H,5-11H2,1-4H3. The molecule has 1 N–H and O–H groups in total. The van der Waals surface area contributed by atoms with Gasteiger partial charge in [-0.15, -0.1) is 0 Å². The molecule has 1 atom stereocenters. The molecule has 1 saturated heterocycles. The maximum Gasteiger partial charge on any atom is 0.240 e. The SMILES string of the molecule is CCCN(CCC)C(=O)C1NCCCC1(C)C. The summed E-state index contributed by atoms with van der Waals surface area (Å²) in [6, 6.07) is 0.00866. The third-order valence-corrected chi connectivity index (χ3v) is 3.67. The van der Waals surface area contributed by atoms with Crippen molar-refractivity contribution < 1.29 is 4.79 Å². The minimum atomic E-state index is 0.00866. The van der Waals surface area contributed by atoms with Crippen LogP contribution in [0.2, 0.25) is 0 Å². The van der Waals surface area contributed by atoms with E-state index in [9.17, 15) is 4.79 Å². The fraction of sp³-hybridized carbons (Fsp3) is 0.929. The average Bonchev–Trinajstić information content (AvgIpc) is 2.27. The smallest absolute Gasteiger partial charge is 0.240 e. The van der Waals surface area contributed by atoms with Crippen LogP contribution < -0.4 is 5.32 Å². The van der Waals surface area contributed by atoms with Gasteiger partial charge in [-0.05, 0) is 37.6 Å². The number of carbonyl (C=O) groups is 1. The van der Waals surface area contributed by atoms with E-state index in [1.54, 1.807) is 0 Å². The van der Waals surface area contributed by atoms with Crippen molar-refractivity contribution in [2.24, 2.45) is 5.41 Å². The first-order chi connectivity index (χ1) is 8.03. The van der Waals surface area contributed by atoms with E-state index in [4.69, 9.17) is 0 Å². The van der Waals surface area contributed by atoms with Crippen LogP contribution in [0.4, 0.5) is 0 Å². The summed E-state index contributed by atoms with van der Waals surface area (Å²) in [5, 5.41) is 3.42. The lowest BCUT2D eigenvalue weighted by Gasteiger charge is -2.40. The highest BCUT2D eigenvalue weighted by molar-refractivity contribution is 5.83. The lowest BCUT2D eigenvalue weighted by molar-refractivity contribution is -0.137. The lowest BCUT2D eigenvalue weighted by Crippen LogP contribution is -2.56. The van der Waals surface area contributed by atoms with Gasteiger partial charge in [0.15, 0.2) is 0 Å². The van der Waals surface area contributed by atoms with Crippen molar-refractivity contribution in [1.82, 2.24) is 10.2 Å². The first kappa shape index (κ1) is 14.5. The van der Waals surface area contributed by atoms with Gasteiger partial charge >= 0.3 is 0 Å². The third kappa shape index (κ3) is 3.70. The molecule has 1 fully saturated rings. The predicted molar refractivity (Wildman–Crippen MR) is 72.0 cm³/mol. The van der Waals surface area contributed by atoms with E-state index in [2.05, 4.69) is 33.0 Å². The van der Waals surface area contributed by atoms with Gasteiger partial charge in [-0.1, -0.05) is 27.7 Å². The number of piperidine rings is 1. The summed E-state index contributed by atoms with van der Waals surface area (Å²) in [7, 11) is 0. The molecule has 0 aromatic carbocycles. The van der Waals surface area contributed by atoms with Crippen LogP contribution >= 0.6 is 0 Å². The molecular formula is C14H28N2O. The van der Waals surface area contributed by atoms with E-state index in [1.165, 1.54) is 6.42 Å². The molecule has 1 rings (SSSR count). The van der Waals surface area contributed by atoms with Crippen LogP contribution in [-0.2, 0) is 4.79 Å². The Morgan fingerprint density at radius 1 is 1.29 bits per heavy atom. The minimum absolute atomic E-state index is 0.00866. The van der Waals surface area contributed by atoms with E-state index in [-0.39, 0.29) is 11.5 Å². The van der Waals surface area contributed by atoms with E-state index >= 15 is 0 Å². The summed E-state index contributed by atoms with van der Waals surface area (Å²) in [5.74, 6) is 0.304. The fourth-order valence-corrected chi connectivity index (χ4v) is 2.69. The van der Waals surface area contributed by atoms with Gasteiger partial charge in [0.2, 0.25) is 5.91 Å². The first-order valence-corrected chi connectivity index (χ1v) is 7.05. The highest BCUT2D eigenvalue weighted by atomic mass is 16.2. The second-order valence-corrected chi connectivity index (χ2v) is 5.80. The average molecular weight is 240 g/mol. The molecule has 0 aromatic rings. The number of hydrogen-bond donors (Lipinski definition) is 1. The maximum absolute atomic E-state index is 12.6. The molecule has 1 aliphatic rings. The quantitative estimate of drug-likeness (QED) is 0.800. The van der Waals surface area contributed by atoms with Crippen molar-refractivity contribution >= 4 is 5.91 Å². The molecule has 1 amide bonds. The number of hydrogen-bond acceptors (Lipinski definition) is 2. The number of carbonyl (C=O) groups excluding carboxylic acids is 1. The number of nitrogens with zero attached hydrogens (tertiary/aromatic N) is 1. The van der Waals surface area contributed by atoms with Crippen LogP contribution in [0.1, 0.15) is 53.4 Å². The zero-order chi connectivity index (χ0) is 12.9. The second kappa shape index (κ2) is 6.39. The van der Waals surface area contributed by atoms with Crippen molar-refractivity contribution in [1.29, 1.82) is 0 Å². The van der Waals surface area contributed by atoms with Gasteiger partial charge in [-0.3, -0.25) is 4.79 Å². The lowest BCUT2D eigenvalue weighted by atomic mass is 9.77. The third-order valence-electron chi connectivity index (χ3n) is 3.67. The molecule has 1 heterocycles. The molecule has 3 nitrogen and oxygen atoms in total. The van der Waals surface area contributed by atoms with Crippen molar-refractivity contribution in [3.8, 4) is 0 Å². The van der Waals surface area contributed by atoms with Crippen molar-refractivity contribution in [2.45, 2.75) is 59.4 Å². The summed E-state index contributed by atoms with van der Waals surface area (Å²) in [5.41, 5.74) is 0.0923. The Balaban J connectivity index is 2.70. The van der Waals surface area contributed by atoms with Crippen LogP contribution in [0.25, 0.3) is 0 Å².